The van der Waals surface area contributed by atoms with Gasteiger partial charge in [0.15, 0.2) is 11.6 Å². The molecule has 2 fully saturated rings. The van der Waals surface area contributed by atoms with Gasteiger partial charge in [0.2, 0.25) is 0 Å². The van der Waals surface area contributed by atoms with Crippen molar-refractivity contribution in [3.05, 3.63) is 22.8 Å². The molecule has 0 amide bonds. The molecular weight excluding hydrogens is 312 g/mol. The summed E-state index contributed by atoms with van der Waals surface area (Å²) in [4.78, 5) is 24.6. The van der Waals surface area contributed by atoms with Crippen molar-refractivity contribution in [3.8, 4) is 0 Å². The zero-order valence-corrected chi connectivity index (χ0v) is 15.7. The first kappa shape index (κ1) is 17.2. The van der Waals surface area contributed by atoms with Crippen molar-refractivity contribution in [2.75, 3.05) is 0 Å². The number of hydrogen-bond acceptors (Lipinski definition) is 3. The number of carbonyl (C=O) groups is 2. The largest absolute Gasteiger partial charge is 0.386 e. The molecule has 0 radical (unpaired) electrons. The van der Waals surface area contributed by atoms with E-state index in [1.165, 1.54) is 11.1 Å². The van der Waals surface area contributed by atoms with Gasteiger partial charge in [-0.3, -0.25) is 9.59 Å². The molecule has 0 aromatic rings. The summed E-state index contributed by atoms with van der Waals surface area (Å²) in [5.41, 5.74) is 3.96. The molecule has 5 unspecified atom stereocenters. The van der Waals surface area contributed by atoms with Gasteiger partial charge in [0.1, 0.15) is 6.10 Å². The molecule has 0 bridgehead atoms. The quantitative estimate of drug-likeness (QED) is 0.820. The van der Waals surface area contributed by atoms with Gasteiger partial charge in [-0.2, -0.15) is 0 Å². The monoisotopic (exact) mass is 342 g/mol. The fourth-order valence-electron chi connectivity index (χ4n) is 6.67. The van der Waals surface area contributed by atoms with Crippen LogP contribution in [0.5, 0.6) is 0 Å². The van der Waals surface area contributed by atoms with Crippen LogP contribution in [0.1, 0.15) is 72.1 Å². The number of aliphatic hydroxyl groups excluding tert-OH is 1. The molecule has 136 valence electrons. The summed E-state index contributed by atoms with van der Waals surface area (Å²) in [5, 5.41) is 9.96. The molecule has 0 aromatic heterocycles. The van der Waals surface area contributed by atoms with Crippen molar-refractivity contribution in [2.24, 2.45) is 22.7 Å². The third kappa shape index (κ3) is 2.27. The number of allylic oxidation sites excluding steroid dienone is 4. The lowest BCUT2D eigenvalue weighted by Crippen LogP contribution is -2.50. The molecule has 0 saturated heterocycles. The highest BCUT2D eigenvalue weighted by molar-refractivity contribution is 5.93. The molecular formula is C22H30O3. The van der Waals surface area contributed by atoms with E-state index >= 15 is 0 Å². The van der Waals surface area contributed by atoms with Crippen molar-refractivity contribution < 1.29 is 14.7 Å². The molecule has 4 aliphatic carbocycles. The average molecular weight is 342 g/mol. The summed E-state index contributed by atoms with van der Waals surface area (Å²) in [6.07, 6.45) is 8.82. The maximum Gasteiger partial charge on any atom is 0.167 e. The average Bonchev–Trinajstić information content (AvgIpc) is 2.86. The van der Waals surface area contributed by atoms with Crippen LogP contribution in [0.15, 0.2) is 22.8 Å². The second-order valence-corrected chi connectivity index (χ2v) is 9.22. The lowest BCUT2D eigenvalue weighted by molar-refractivity contribution is -0.144. The van der Waals surface area contributed by atoms with Gasteiger partial charge in [0.05, 0.1) is 0 Å². The Balaban J connectivity index is 1.72. The minimum absolute atomic E-state index is 0.0124. The number of rotatable bonds is 2. The van der Waals surface area contributed by atoms with E-state index in [1.807, 2.05) is 6.08 Å². The Morgan fingerprint density at radius 1 is 1.16 bits per heavy atom. The van der Waals surface area contributed by atoms with E-state index in [0.717, 1.165) is 44.9 Å². The van der Waals surface area contributed by atoms with Crippen LogP contribution in [0.25, 0.3) is 0 Å². The van der Waals surface area contributed by atoms with E-state index in [2.05, 4.69) is 13.8 Å². The molecule has 1 N–H and O–H groups in total. The van der Waals surface area contributed by atoms with E-state index in [4.69, 9.17) is 0 Å². The Bertz CT molecular complexity index is 698. The Morgan fingerprint density at radius 2 is 1.92 bits per heavy atom. The highest BCUT2D eigenvalue weighted by Crippen LogP contribution is 2.67. The van der Waals surface area contributed by atoms with Crippen LogP contribution >= 0.6 is 0 Å². The van der Waals surface area contributed by atoms with E-state index in [-0.39, 0.29) is 17.0 Å². The zero-order chi connectivity index (χ0) is 18.0. The van der Waals surface area contributed by atoms with Gasteiger partial charge >= 0.3 is 0 Å². The maximum atomic E-state index is 12.8. The lowest BCUT2D eigenvalue weighted by Gasteiger charge is -2.52. The number of hydrogen-bond donors (Lipinski definition) is 1. The summed E-state index contributed by atoms with van der Waals surface area (Å²) >= 11 is 0. The van der Waals surface area contributed by atoms with Crippen LogP contribution < -0.4 is 0 Å². The summed E-state index contributed by atoms with van der Waals surface area (Å²) in [6.45, 7) is 6.03. The number of fused-ring (bicyclic) bond motifs is 4. The Hall–Kier alpha value is -1.22. The van der Waals surface area contributed by atoms with Gasteiger partial charge in [-0.15, -0.1) is 0 Å². The third-order valence-corrected chi connectivity index (χ3v) is 8.26. The SMILES string of the molecule is CC(O)C(=O)C1(C)CCC2C3CCC4=CC(=O)CCC4=C3CCC21C. The summed E-state index contributed by atoms with van der Waals surface area (Å²) in [5.74, 6) is 1.43. The van der Waals surface area contributed by atoms with Crippen LogP contribution in [0.2, 0.25) is 0 Å². The van der Waals surface area contributed by atoms with Crippen molar-refractivity contribution in [1.82, 2.24) is 0 Å². The van der Waals surface area contributed by atoms with Gasteiger partial charge in [-0.1, -0.05) is 19.4 Å². The van der Waals surface area contributed by atoms with Crippen LogP contribution in [-0.4, -0.2) is 22.8 Å². The smallest absolute Gasteiger partial charge is 0.167 e. The summed E-state index contributed by atoms with van der Waals surface area (Å²) < 4.78 is 0. The second-order valence-electron chi connectivity index (χ2n) is 9.22. The molecule has 3 nitrogen and oxygen atoms in total. The molecule has 3 heteroatoms. The molecule has 5 atom stereocenters. The topological polar surface area (TPSA) is 54.4 Å². The standard InChI is InChI=1S/C22H30O3/c1-13(23)20(25)22(3)11-9-19-18-6-4-14-12-15(24)5-7-16(14)17(18)8-10-21(19,22)2/h12-13,18-19,23H,4-11H2,1-3H3. The predicted molar refractivity (Wildman–Crippen MR) is 96.9 cm³/mol. The number of ketones is 2. The Kier molecular flexibility index (Phi) is 3.88. The first-order valence-electron chi connectivity index (χ1n) is 9.96. The lowest BCUT2D eigenvalue weighted by atomic mass is 9.51. The molecule has 0 aromatic carbocycles. The van der Waals surface area contributed by atoms with Crippen molar-refractivity contribution in [1.29, 1.82) is 0 Å². The van der Waals surface area contributed by atoms with Crippen LogP contribution in [-0.2, 0) is 9.59 Å². The molecule has 0 heterocycles. The number of carbonyl (C=O) groups excluding carboxylic acids is 2. The minimum Gasteiger partial charge on any atom is -0.386 e. The van der Waals surface area contributed by atoms with Gasteiger partial charge in [-0.25, -0.2) is 0 Å². The number of aliphatic hydroxyl groups is 1. The van der Waals surface area contributed by atoms with Crippen molar-refractivity contribution in [2.45, 2.75) is 78.2 Å². The van der Waals surface area contributed by atoms with E-state index < -0.39 is 11.5 Å². The fraction of sp³-hybridized carbons (Fsp3) is 0.727. The third-order valence-electron chi connectivity index (χ3n) is 8.26. The van der Waals surface area contributed by atoms with Crippen LogP contribution in [0.3, 0.4) is 0 Å². The van der Waals surface area contributed by atoms with Gasteiger partial charge < -0.3 is 5.11 Å². The Morgan fingerprint density at radius 3 is 2.64 bits per heavy atom. The number of Topliss-reactive ketones (excluding diaryl/α,β-unsaturated/α-hetero) is 1. The molecule has 2 saturated carbocycles. The fourth-order valence-corrected chi connectivity index (χ4v) is 6.67. The summed E-state index contributed by atoms with van der Waals surface area (Å²) in [7, 11) is 0. The Labute approximate surface area is 150 Å². The minimum atomic E-state index is -0.870. The maximum absolute atomic E-state index is 12.8. The van der Waals surface area contributed by atoms with E-state index in [0.29, 0.717) is 18.3 Å². The summed E-state index contributed by atoms with van der Waals surface area (Å²) in [6, 6.07) is 0. The molecule has 4 rings (SSSR count). The first-order valence-corrected chi connectivity index (χ1v) is 9.96. The van der Waals surface area contributed by atoms with Gasteiger partial charge in [0.25, 0.3) is 0 Å². The predicted octanol–water partition coefficient (Wildman–Crippen LogP) is 4.15. The highest BCUT2D eigenvalue weighted by atomic mass is 16.3. The zero-order valence-electron chi connectivity index (χ0n) is 15.7. The van der Waals surface area contributed by atoms with E-state index in [9.17, 15) is 14.7 Å². The van der Waals surface area contributed by atoms with Crippen LogP contribution in [0, 0.1) is 22.7 Å². The van der Waals surface area contributed by atoms with E-state index in [1.54, 1.807) is 12.5 Å². The highest BCUT2D eigenvalue weighted by Gasteiger charge is 2.62. The first-order chi connectivity index (χ1) is 11.8. The van der Waals surface area contributed by atoms with Crippen molar-refractivity contribution in [3.63, 3.8) is 0 Å². The molecule has 4 aliphatic rings. The second kappa shape index (κ2) is 5.64. The molecule has 0 spiro atoms. The van der Waals surface area contributed by atoms with Crippen LogP contribution in [0.4, 0.5) is 0 Å². The molecule has 25 heavy (non-hydrogen) atoms. The molecule has 0 aliphatic heterocycles. The van der Waals surface area contributed by atoms with Gasteiger partial charge in [0, 0.05) is 11.8 Å². The van der Waals surface area contributed by atoms with Crippen molar-refractivity contribution >= 4 is 11.6 Å². The van der Waals surface area contributed by atoms with Gasteiger partial charge in [-0.05, 0) is 86.3 Å². The normalized spacial score (nSPS) is 41.6.